The van der Waals surface area contributed by atoms with Crippen LogP contribution in [0.4, 0.5) is 8.78 Å². The van der Waals surface area contributed by atoms with Gasteiger partial charge in [0.2, 0.25) is 0 Å². The van der Waals surface area contributed by atoms with Gasteiger partial charge in [0.1, 0.15) is 11.3 Å². The highest BCUT2D eigenvalue weighted by Crippen LogP contribution is 2.39. The Morgan fingerprint density at radius 3 is 2.24 bits per heavy atom. The Kier molecular flexibility index (Phi) is 4.71. The summed E-state index contributed by atoms with van der Waals surface area (Å²) < 4.78 is 33.4. The Balaban J connectivity index is 2.01. The second-order valence-electron chi connectivity index (χ2n) is 8.20. The van der Waals surface area contributed by atoms with Gasteiger partial charge in [-0.05, 0) is 74.4 Å². The van der Waals surface area contributed by atoms with Crippen molar-refractivity contribution in [1.29, 1.82) is 0 Å². The van der Waals surface area contributed by atoms with Crippen molar-refractivity contribution < 1.29 is 13.5 Å². The molecule has 1 aromatic carbocycles. The average Bonchev–Trinajstić information content (AvgIpc) is 3.37. The summed E-state index contributed by atoms with van der Waals surface area (Å²) in [7, 11) is 0. The van der Waals surface area contributed by atoms with E-state index in [0.717, 1.165) is 40.8 Å². The third-order valence-electron chi connectivity index (χ3n) is 5.52. The van der Waals surface area contributed by atoms with E-state index < -0.39 is 6.61 Å². The van der Waals surface area contributed by atoms with Crippen molar-refractivity contribution in [2.45, 2.75) is 66.0 Å². The van der Waals surface area contributed by atoms with Gasteiger partial charge in [-0.3, -0.25) is 9.36 Å². The van der Waals surface area contributed by atoms with Crippen LogP contribution in [0, 0.1) is 20.8 Å². The van der Waals surface area contributed by atoms with Crippen LogP contribution in [-0.2, 0) is 0 Å². The molecule has 1 aliphatic carbocycles. The molecule has 29 heavy (non-hydrogen) atoms. The quantitative estimate of drug-likeness (QED) is 0.594. The lowest BCUT2D eigenvalue weighted by molar-refractivity contribution is -0.0498. The number of aromatic nitrogens is 3. The second-order valence-corrected chi connectivity index (χ2v) is 8.20. The summed E-state index contributed by atoms with van der Waals surface area (Å²) in [6, 6.07) is 5.30. The molecule has 4 rings (SSSR count). The summed E-state index contributed by atoms with van der Waals surface area (Å²) >= 11 is 0. The zero-order chi connectivity index (χ0) is 21.0. The van der Waals surface area contributed by atoms with Gasteiger partial charge in [0.05, 0.1) is 0 Å². The summed E-state index contributed by atoms with van der Waals surface area (Å²) in [6.45, 7) is 6.86. The van der Waals surface area contributed by atoms with E-state index in [1.165, 1.54) is 0 Å². The van der Waals surface area contributed by atoms with Crippen LogP contribution in [0.2, 0.25) is 0 Å². The van der Waals surface area contributed by atoms with Crippen LogP contribution in [-0.4, -0.2) is 20.8 Å². The Bertz CT molecular complexity index is 1130. The number of ether oxygens (including phenoxy) is 1. The summed E-state index contributed by atoms with van der Waals surface area (Å²) in [5.74, 6) is 0.901. The zero-order valence-corrected chi connectivity index (χ0v) is 17.3. The maximum Gasteiger partial charge on any atom is 0.387 e. The van der Waals surface area contributed by atoms with Crippen LogP contribution in [0.5, 0.6) is 5.75 Å². The topological polar surface area (TPSA) is 48.5 Å². The van der Waals surface area contributed by atoms with Gasteiger partial charge in [0.25, 0.3) is 5.56 Å². The third-order valence-corrected chi connectivity index (χ3v) is 5.52. The summed E-state index contributed by atoms with van der Waals surface area (Å²) in [4.78, 5) is 13.6. The summed E-state index contributed by atoms with van der Waals surface area (Å²) in [5, 5.41) is 4.87. The van der Waals surface area contributed by atoms with E-state index >= 15 is 0 Å². The van der Waals surface area contributed by atoms with Crippen molar-refractivity contribution >= 4 is 5.52 Å². The molecule has 1 aliphatic rings. The minimum absolute atomic E-state index is 0.0407. The smallest absolute Gasteiger partial charge is 0.387 e. The van der Waals surface area contributed by atoms with Gasteiger partial charge in [0, 0.05) is 17.3 Å². The number of halogens is 2. The maximum atomic E-state index is 13.6. The predicted octanol–water partition coefficient (Wildman–Crippen LogP) is 5.15. The standard InChI is InChI=1S/C22H25F2N3O2/c1-11(2)17-10-14(5)27-19(17)21(28)26(15-6-7-15)20(25-27)18-12(3)8-16(9-13(18)4)29-22(23)24/h8-11,15,22H,6-7H2,1-5H3. The lowest BCUT2D eigenvalue weighted by atomic mass is 10.0. The number of aryl methyl sites for hydroxylation is 3. The molecule has 0 radical (unpaired) electrons. The molecule has 0 atom stereocenters. The zero-order valence-electron chi connectivity index (χ0n) is 17.3. The van der Waals surface area contributed by atoms with Crippen molar-refractivity contribution in [2.75, 3.05) is 0 Å². The highest BCUT2D eigenvalue weighted by molar-refractivity contribution is 5.68. The fraction of sp³-hybridized carbons (Fsp3) is 0.455. The average molecular weight is 401 g/mol. The number of nitrogens with zero attached hydrogens (tertiary/aromatic N) is 3. The fourth-order valence-corrected chi connectivity index (χ4v) is 4.08. The maximum absolute atomic E-state index is 13.6. The van der Waals surface area contributed by atoms with Gasteiger partial charge in [-0.25, -0.2) is 4.52 Å². The summed E-state index contributed by atoms with van der Waals surface area (Å²) in [6.07, 6.45) is 1.87. The highest BCUT2D eigenvalue weighted by Gasteiger charge is 2.31. The molecule has 0 amide bonds. The summed E-state index contributed by atoms with van der Waals surface area (Å²) in [5.41, 5.74) is 4.76. The normalized spacial score (nSPS) is 14.4. The monoisotopic (exact) mass is 401 g/mol. The van der Waals surface area contributed by atoms with E-state index in [-0.39, 0.29) is 23.3 Å². The number of hydrogen-bond acceptors (Lipinski definition) is 3. The van der Waals surface area contributed by atoms with Gasteiger partial charge in [-0.1, -0.05) is 13.8 Å². The van der Waals surface area contributed by atoms with Crippen LogP contribution in [0.3, 0.4) is 0 Å². The highest BCUT2D eigenvalue weighted by atomic mass is 19.3. The Hall–Kier alpha value is -2.70. The second kappa shape index (κ2) is 6.97. The molecule has 0 spiro atoms. The molecule has 2 aromatic heterocycles. The predicted molar refractivity (Wildman–Crippen MR) is 108 cm³/mol. The van der Waals surface area contributed by atoms with Crippen molar-refractivity contribution in [2.24, 2.45) is 0 Å². The molecule has 3 aromatic rings. The Labute approximate surface area is 167 Å². The molecule has 2 heterocycles. The lowest BCUT2D eigenvalue weighted by Crippen LogP contribution is -2.26. The van der Waals surface area contributed by atoms with Gasteiger partial charge in [-0.15, -0.1) is 5.10 Å². The molecular formula is C22H25F2N3O2. The first kappa shape index (κ1) is 19.6. The molecule has 0 unspecified atom stereocenters. The van der Waals surface area contributed by atoms with Crippen molar-refractivity contribution in [3.05, 3.63) is 50.9 Å². The largest absolute Gasteiger partial charge is 0.435 e. The van der Waals surface area contributed by atoms with Gasteiger partial charge < -0.3 is 4.74 Å². The molecular weight excluding hydrogens is 376 g/mol. The molecule has 1 fully saturated rings. The fourth-order valence-electron chi connectivity index (χ4n) is 4.08. The first-order valence-corrected chi connectivity index (χ1v) is 9.90. The van der Waals surface area contributed by atoms with Crippen LogP contribution in [0.15, 0.2) is 23.0 Å². The van der Waals surface area contributed by atoms with E-state index in [1.807, 2.05) is 26.8 Å². The van der Waals surface area contributed by atoms with Crippen molar-refractivity contribution in [1.82, 2.24) is 14.2 Å². The molecule has 7 heteroatoms. The van der Waals surface area contributed by atoms with Crippen LogP contribution >= 0.6 is 0 Å². The molecule has 1 saturated carbocycles. The van der Waals surface area contributed by atoms with E-state index in [0.29, 0.717) is 11.3 Å². The third kappa shape index (κ3) is 3.32. The van der Waals surface area contributed by atoms with Crippen LogP contribution in [0.1, 0.15) is 61.0 Å². The number of hydrogen-bond donors (Lipinski definition) is 0. The Morgan fingerprint density at radius 1 is 1.10 bits per heavy atom. The van der Waals surface area contributed by atoms with Crippen LogP contribution < -0.4 is 10.3 Å². The van der Waals surface area contributed by atoms with E-state index in [9.17, 15) is 13.6 Å². The number of benzene rings is 1. The lowest BCUT2D eigenvalue weighted by Gasteiger charge is -2.18. The first-order valence-electron chi connectivity index (χ1n) is 9.90. The number of fused-ring (bicyclic) bond motifs is 1. The van der Waals surface area contributed by atoms with E-state index in [2.05, 4.69) is 18.6 Å². The Morgan fingerprint density at radius 2 is 1.72 bits per heavy atom. The van der Waals surface area contributed by atoms with E-state index in [1.54, 1.807) is 21.2 Å². The SMILES string of the molecule is Cc1cc(OC(F)F)cc(C)c1-c1nn2c(C)cc(C(C)C)c2c(=O)n1C1CC1. The van der Waals surface area contributed by atoms with Gasteiger partial charge in [0.15, 0.2) is 5.82 Å². The molecule has 5 nitrogen and oxygen atoms in total. The van der Waals surface area contributed by atoms with Gasteiger partial charge in [-0.2, -0.15) is 8.78 Å². The minimum Gasteiger partial charge on any atom is -0.435 e. The minimum atomic E-state index is -2.88. The molecule has 154 valence electrons. The number of rotatable bonds is 5. The number of alkyl halides is 2. The molecule has 0 saturated heterocycles. The van der Waals surface area contributed by atoms with Gasteiger partial charge >= 0.3 is 6.61 Å². The van der Waals surface area contributed by atoms with Crippen molar-refractivity contribution in [3.63, 3.8) is 0 Å². The van der Waals surface area contributed by atoms with E-state index in [4.69, 9.17) is 5.10 Å². The van der Waals surface area contributed by atoms with Crippen molar-refractivity contribution in [3.8, 4) is 17.1 Å². The molecule has 0 bridgehead atoms. The van der Waals surface area contributed by atoms with Crippen LogP contribution in [0.25, 0.3) is 16.9 Å². The molecule has 0 N–H and O–H groups in total. The first-order chi connectivity index (χ1) is 13.7. The molecule has 0 aliphatic heterocycles.